The van der Waals surface area contributed by atoms with Crippen LogP contribution in [0.5, 0.6) is 0 Å². The Balaban J connectivity index is 1.97. The smallest absolute Gasteiger partial charge is 0.0682 e. The second kappa shape index (κ2) is 5.29. The van der Waals surface area contributed by atoms with E-state index < -0.39 is 0 Å². The van der Waals surface area contributed by atoms with Gasteiger partial charge in [0, 0.05) is 22.6 Å². The molecule has 0 bridgehead atoms. The quantitative estimate of drug-likeness (QED) is 0.731. The van der Waals surface area contributed by atoms with Crippen LogP contribution in [0.2, 0.25) is 5.02 Å². The Kier molecular flexibility index (Phi) is 3.27. The number of fused-ring (bicyclic) bond motifs is 2. The summed E-state index contributed by atoms with van der Waals surface area (Å²) in [7, 11) is 0. The molecule has 0 fully saturated rings. The molecule has 4 rings (SSSR count). The number of rotatable bonds is 2. The molecule has 3 heteroatoms. The number of pyridine rings is 1. The standard InChI is InChI=1S/C19H17ClN2/c20-14-6-3-5-13(11-14)12-22-17-9-2-1-7-15(17)19(21)16-8-4-10-18(16)22/h1-3,5-7,9,11,21H,4,8,10,12H2. The molecular formula is C19H17ClN2. The van der Waals surface area contributed by atoms with Gasteiger partial charge in [0.2, 0.25) is 0 Å². The van der Waals surface area contributed by atoms with Gasteiger partial charge in [0.15, 0.2) is 0 Å². The first-order valence-corrected chi connectivity index (χ1v) is 8.04. The molecule has 110 valence electrons. The fraction of sp³-hybridized carbons (Fsp3) is 0.211. The Morgan fingerprint density at radius 3 is 2.77 bits per heavy atom. The minimum atomic E-state index is 0.713. The van der Waals surface area contributed by atoms with Gasteiger partial charge in [0.1, 0.15) is 0 Å². The molecule has 0 spiro atoms. The third-order valence-corrected chi connectivity index (χ3v) is 4.75. The molecule has 1 heterocycles. The Labute approximate surface area is 134 Å². The number of para-hydroxylation sites is 1. The van der Waals surface area contributed by atoms with Gasteiger partial charge in [-0.15, -0.1) is 0 Å². The summed E-state index contributed by atoms with van der Waals surface area (Å²) in [5.74, 6) is 0. The molecule has 0 unspecified atom stereocenters. The molecular weight excluding hydrogens is 292 g/mol. The molecule has 22 heavy (non-hydrogen) atoms. The lowest BCUT2D eigenvalue weighted by atomic mass is 10.1. The maximum atomic E-state index is 8.50. The number of hydrogen-bond acceptors (Lipinski definition) is 1. The van der Waals surface area contributed by atoms with Crippen LogP contribution >= 0.6 is 11.6 Å². The van der Waals surface area contributed by atoms with Gasteiger partial charge < -0.3 is 4.57 Å². The average Bonchev–Trinajstić information content (AvgIpc) is 3.01. The predicted octanol–water partition coefficient (Wildman–Crippen LogP) is 4.31. The van der Waals surface area contributed by atoms with Crippen molar-refractivity contribution in [2.45, 2.75) is 25.8 Å². The minimum absolute atomic E-state index is 0.713. The lowest BCUT2D eigenvalue weighted by Gasteiger charge is -2.18. The highest BCUT2D eigenvalue weighted by atomic mass is 35.5. The van der Waals surface area contributed by atoms with Crippen LogP contribution in [0.15, 0.2) is 48.5 Å². The number of aromatic nitrogens is 1. The molecule has 2 nitrogen and oxygen atoms in total. The molecule has 1 aromatic heterocycles. The molecule has 1 N–H and O–H groups in total. The second-order valence-corrected chi connectivity index (χ2v) is 6.32. The molecule has 0 aliphatic heterocycles. The Morgan fingerprint density at radius 1 is 1.05 bits per heavy atom. The Morgan fingerprint density at radius 2 is 1.91 bits per heavy atom. The van der Waals surface area contributed by atoms with E-state index >= 15 is 0 Å². The maximum absolute atomic E-state index is 8.50. The molecule has 0 saturated carbocycles. The number of nitrogens with one attached hydrogen (secondary N) is 1. The van der Waals surface area contributed by atoms with Crippen LogP contribution in [0.4, 0.5) is 0 Å². The van der Waals surface area contributed by atoms with Crippen LogP contribution < -0.4 is 5.36 Å². The number of benzene rings is 2. The zero-order valence-electron chi connectivity index (χ0n) is 12.3. The van der Waals surface area contributed by atoms with E-state index in [1.807, 2.05) is 24.3 Å². The first kappa shape index (κ1) is 13.6. The van der Waals surface area contributed by atoms with E-state index in [-0.39, 0.29) is 0 Å². The van der Waals surface area contributed by atoms with Gasteiger partial charge in [-0.3, -0.25) is 5.41 Å². The van der Waals surface area contributed by atoms with Crippen molar-refractivity contribution in [3.63, 3.8) is 0 Å². The van der Waals surface area contributed by atoms with Crippen molar-refractivity contribution < 1.29 is 0 Å². The lowest BCUT2D eigenvalue weighted by Crippen LogP contribution is -2.17. The van der Waals surface area contributed by atoms with Crippen molar-refractivity contribution in [1.29, 1.82) is 5.41 Å². The van der Waals surface area contributed by atoms with Crippen molar-refractivity contribution in [3.8, 4) is 0 Å². The van der Waals surface area contributed by atoms with Gasteiger partial charge in [-0.2, -0.15) is 0 Å². The zero-order chi connectivity index (χ0) is 15.1. The fourth-order valence-electron chi connectivity index (χ4n) is 3.52. The van der Waals surface area contributed by atoms with E-state index in [4.69, 9.17) is 17.0 Å². The third-order valence-electron chi connectivity index (χ3n) is 4.51. The largest absolute Gasteiger partial charge is 0.340 e. The third kappa shape index (κ3) is 2.15. The van der Waals surface area contributed by atoms with Gasteiger partial charge in [0.05, 0.1) is 10.9 Å². The van der Waals surface area contributed by atoms with Crippen molar-refractivity contribution in [1.82, 2.24) is 4.57 Å². The molecule has 1 aliphatic carbocycles. The topological polar surface area (TPSA) is 28.8 Å². The molecule has 0 atom stereocenters. The first-order chi connectivity index (χ1) is 10.7. The van der Waals surface area contributed by atoms with E-state index in [9.17, 15) is 0 Å². The summed E-state index contributed by atoms with van der Waals surface area (Å²) in [6, 6.07) is 16.3. The minimum Gasteiger partial charge on any atom is -0.340 e. The SMILES string of the molecule is N=c1c2c(n(Cc3cccc(Cl)c3)c3ccccc13)CCC2. The van der Waals surface area contributed by atoms with Crippen LogP contribution in [-0.2, 0) is 19.4 Å². The van der Waals surface area contributed by atoms with Gasteiger partial charge in [0.25, 0.3) is 0 Å². The van der Waals surface area contributed by atoms with E-state index in [2.05, 4.69) is 28.8 Å². The highest BCUT2D eigenvalue weighted by molar-refractivity contribution is 6.30. The number of hydrogen-bond donors (Lipinski definition) is 1. The van der Waals surface area contributed by atoms with E-state index in [0.29, 0.717) is 5.36 Å². The average molecular weight is 309 g/mol. The maximum Gasteiger partial charge on any atom is 0.0682 e. The van der Waals surface area contributed by atoms with Gasteiger partial charge in [-0.25, -0.2) is 0 Å². The molecule has 2 aromatic carbocycles. The fourth-order valence-corrected chi connectivity index (χ4v) is 3.73. The summed E-state index contributed by atoms with van der Waals surface area (Å²) in [5.41, 5.74) is 4.90. The highest BCUT2D eigenvalue weighted by Crippen LogP contribution is 2.25. The summed E-state index contributed by atoms with van der Waals surface area (Å²) in [5, 5.41) is 11.0. The summed E-state index contributed by atoms with van der Waals surface area (Å²) >= 11 is 6.13. The first-order valence-electron chi connectivity index (χ1n) is 7.66. The van der Waals surface area contributed by atoms with Gasteiger partial charge in [-0.05, 0) is 48.6 Å². The molecule has 0 amide bonds. The number of halogens is 1. The summed E-state index contributed by atoms with van der Waals surface area (Å²) < 4.78 is 2.38. The van der Waals surface area contributed by atoms with Gasteiger partial charge >= 0.3 is 0 Å². The van der Waals surface area contributed by atoms with Crippen LogP contribution in [0, 0.1) is 5.41 Å². The predicted molar refractivity (Wildman–Crippen MR) is 90.4 cm³/mol. The molecule has 1 aliphatic rings. The molecule has 0 radical (unpaired) electrons. The van der Waals surface area contributed by atoms with Crippen molar-refractivity contribution in [2.75, 3.05) is 0 Å². The van der Waals surface area contributed by atoms with Crippen LogP contribution in [-0.4, -0.2) is 4.57 Å². The highest BCUT2D eigenvalue weighted by Gasteiger charge is 2.19. The number of nitrogens with zero attached hydrogens (tertiary/aromatic N) is 1. The van der Waals surface area contributed by atoms with Crippen molar-refractivity contribution in [3.05, 3.63) is 75.7 Å². The summed E-state index contributed by atoms with van der Waals surface area (Å²) in [6.45, 7) is 0.809. The molecule has 0 saturated heterocycles. The molecule has 3 aromatic rings. The Bertz CT molecular complexity index is 924. The van der Waals surface area contributed by atoms with Crippen molar-refractivity contribution in [2.24, 2.45) is 0 Å². The second-order valence-electron chi connectivity index (χ2n) is 5.89. The monoisotopic (exact) mass is 308 g/mol. The lowest BCUT2D eigenvalue weighted by molar-refractivity contribution is 0.760. The normalized spacial score (nSPS) is 13.5. The summed E-state index contributed by atoms with van der Waals surface area (Å²) in [4.78, 5) is 0. The summed E-state index contributed by atoms with van der Waals surface area (Å²) in [6.07, 6.45) is 3.23. The van der Waals surface area contributed by atoms with Gasteiger partial charge in [-0.1, -0.05) is 41.9 Å². The van der Waals surface area contributed by atoms with Crippen molar-refractivity contribution >= 4 is 22.5 Å². The Hall–Kier alpha value is -2.06. The van der Waals surface area contributed by atoms with E-state index in [1.54, 1.807) is 0 Å². The van der Waals surface area contributed by atoms with Crippen LogP contribution in [0.1, 0.15) is 23.2 Å². The van der Waals surface area contributed by atoms with Crippen LogP contribution in [0.3, 0.4) is 0 Å². The zero-order valence-corrected chi connectivity index (χ0v) is 13.0. The van der Waals surface area contributed by atoms with E-state index in [0.717, 1.165) is 41.7 Å². The van der Waals surface area contributed by atoms with Crippen LogP contribution in [0.25, 0.3) is 10.9 Å². The van der Waals surface area contributed by atoms with E-state index in [1.165, 1.54) is 16.8 Å².